The average molecular weight is 241 g/mol. The van der Waals surface area contributed by atoms with Gasteiger partial charge in [0, 0.05) is 18.6 Å². The van der Waals surface area contributed by atoms with Gasteiger partial charge in [0.2, 0.25) is 10.0 Å². The zero-order valence-electron chi connectivity index (χ0n) is 9.05. The number of benzene rings is 1. The van der Waals surface area contributed by atoms with Crippen LogP contribution in [-0.4, -0.2) is 27.0 Å². The van der Waals surface area contributed by atoms with Gasteiger partial charge in [-0.25, -0.2) is 13.6 Å². The molecule has 1 aromatic rings. The van der Waals surface area contributed by atoms with Crippen LogP contribution in [0.1, 0.15) is 6.92 Å². The van der Waals surface area contributed by atoms with E-state index in [1.807, 2.05) is 11.8 Å². The van der Waals surface area contributed by atoms with Crippen molar-refractivity contribution in [3.05, 3.63) is 24.3 Å². The highest BCUT2D eigenvalue weighted by molar-refractivity contribution is 7.89. The molecule has 1 aromatic carbocycles. The molecule has 88 valence electrons. The Labute approximate surface area is 95.1 Å². The zero-order valence-corrected chi connectivity index (χ0v) is 9.87. The molecule has 1 saturated heterocycles. The molecule has 0 aromatic heterocycles. The number of primary sulfonamides is 1. The van der Waals surface area contributed by atoms with Crippen LogP contribution < -0.4 is 15.8 Å². The van der Waals surface area contributed by atoms with Crippen LogP contribution >= 0.6 is 0 Å². The van der Waals surface area contributed by atoms with Gasteiger partial charge in [0.15, 0.2) is 0 Å². The van der Waals surface area contributed by atoms with E-state index in [9.17, 15) is 8.42 Å². The molecule has 1 aliphatic heterocycles. The van der Waals surface area contributed by atoms with Crippen molar-refractivity contribution in [3.8, 4) is 0 Å². The number of hydrogen-bond acceptors (Lipinski definition) is 4. The smallest absolute Gasteiger partial charge is 0.240 e. The minimum absolute atomic E-state index is 0.158. The normalized spacial score (nSPS) is 19.3. The predicted octanol–water partition coefficient (Wildman–Crippen LogP) is -0.129. The maximum absolute atomic E-state index is 11.4. The minimum atomic E-state index is -3.67. The van der Waals surface area contributed by atoms with Crippen molar-refractivity contribution < 1.29 is 8.42 Å². The lowest BCUT2D eigenvalue weighted by molar-refractivity contribution is 0.363. The lowest BCUT2D eigenvalue weighted by Gasteiger charge is -2.47. The first kappa shape index (κ1) is 11.4. The fourth-order valence-electron chi connectivity index (χ4n) is 1.96. The van der Waals surface area contributed by atoms with E-state index in [0.717, 1.165) is 0 Å². The quantitative estimate of drug-likeness (QED) is 0.755. The van der Waals surface area contributed by atoms with Gasteiger partial charge in [-0.15, -0.1) is 0 Å². The van der Waals surface area contributed by atoms with Crippen LogP contribution in [0, 0.1) is 0 Å². The number of nitrogens with two attached hydrogens (primary N) is 2. The lowest BCUT2D eigenvalue weighted by Crippen LogP contribution is -2.65. The number of rotatable bonds is 2. The molecule has 0 radical (unpaired) electrons. The van der Waals surface area contributed by atoms with Crippen LogP contribution in [-0.2, 0) is 10.0 Å². The van der Waals surface area contributed by atoms with Gasteiger partial charge in [0.25, 0.3) is 0 Å². The average Bonchev–Trinajstić information content (AvgIpc) is 2.12. The van der Waals surface area contributed by atoms with E-state index in [1.54, 1.807) is 18.2 Å². The first-order valence-corrected chi connectivity index (χ1v) is 6.50. The third kappa shape index (κ3) is 2.04. The Balaban J connectivity index is 2.36. The standard InChI is InChI=1S/C10H15N3O2S/c1-10(11)6-13(7-10)8-4-2-3-5-9(8)16(12,14)15/h2-5H,6-7,11H2,1H3,(H2,12,14,15). The molecule has 1 fully saturated rings. The summed E-state index contributed by atoms with van der Waals surface area (Å²) in [6.45, 7) is 3.21. The fourth-order valence-corrected chi connectivity index (χ4v) is 2.71. The molecule has 0 saturated carbocycles. The van der Waals surface area contributed by atoms with E-state index in [1.165, 1.54) is 6.07 Å². The Hall–Kier alpha value is -1.11. The SMILES string of the molecule is CC1(N)CN(c2ccccc2S(N)(=O)=O)C1. The molecule has 0 bridgehead atoms. The van der Waals surface area contributed by atoms with Crippen molar-refractivity contribution in [2.45, 2.75) is 17.4 Å². The summed E-state index contributed by atoms with van der Waals surface area (Å²) in [5.74, 6) is 0. The number of sulfonamides is 1. The predicted molar refractivity (Wildman–Crippen MR) is 62.6 cm³/mol. The molecular weight excluding hydrogens is 226 g/mol. The Kier molecular flexibility index (Phi) is 2.45. The van der Waals surface area contributed by atoms with E-state index < -0.39 is 10.0 Å². The summed E-state index contributed by atoms with van der Waals surface area (Å²) in [4.78, 5) is 2.07. The summed E-state index contributed by atoms with van der Waals surface area (Å²) < 4.78 is 22.8. The molecule has 0 aliphatic carbocycles. The molecule has 6 heteroatoms. The molecule has 0 atom stereocenters. The second-order valence-electron chi connectivity index (χ2n) is 4.52. The number of para-hydroxylation sites is 1. The van der Waals surface area contributed by atoms with Crippen LogP contribution in [0.4, 0.5) is 5.69 Å². The highest BCUT2D eigenvalue weighted by atomic mass is 32.2. The molecule has 0 unspecified atom stereocenters. The second-order valence-corrected chi connectivity index (χ2v) is 6.05. The maximum atomic E-state index is 11.4. The molecule has 0 amide bonds. The minimum Gasteiger partial charge on any atom is -0.367 e. The number of anilines is 1. The Bertz CT molecular complexity index is 503. The van der Waals surface area contributed by atoms with Gasteiger partial charge in [-0.05, 0) is 19.1 Å². The molecule has 2 rings (SSSR count). The zero-order chi connectivity index (χ0) is 12.0. The van der Waals surface area contributed by atoms with E-state index in [-0.39, 0.29) is 10.4 Å². The van der Waals surface area contributed by atoms with Gasteiger partial charge in [-0.1, -0.05) is 12.1 Å². The van der Waals surface area contributed by atoms with Crippen LogP contribution in [0.15, 0.2) is 29.2 Å². The Morgan fingerprint density at radius 2 is 1.88 bits per heavy atom. The molecule has 1 aliphatic rings. The summed E-state index contributed by atoms with van der Waals surface area (Å²) in [7, 11) is -3.67. The molecular formula is C10H15N3O2S. The lowest BCUT2D eigenvalue weighted by atomic mass is 9.93. The summed E-state index contributed by atoms with van der Waals surface area (Å²) in [6, 6.07) is 6.70. The van der Waals surface area contributed by atoms with Gasteiger partial charge in [-0.2, -0.15) is 0 Å². The monoisotopic (exact) mass is 241 g/mol. The van der Waals surface area contributed by atoms with E-state index in [4.69, 9.17) is 10.9 Å². The Morgan fingerprint density at radius 1 is 1.31 bits per heavy atom. The van der Waals surface area contributed by atoms with Crippen molar-refractivity contribution in [1.82, 2.24) is 0 Å². The van der Waals surface area contributed by atoms with E-state index in [2.05, 4.69) is 0 Å². The fraction of sp³-hybridized carbons (Fsp3) is 0.400. The first-order valence-electron chi connectivity index (χ1n) is 4.95. The van der Waals surface area contributed by atoms with Crippen molar-refractivity contribution in [3.63, 3.8) is 0 Å². The maximum Gasteiger partial charge on any atom is 0.240 e. The largest absolute Gasteiger partial charge is 0.367 e. The third-order valence-electron chi connectivity index (χ3n) is 2.62. The summed E-state index contributed by atoms with van der Waals surface area (Å²) in [5.41, 5.74) is 6.27. The van der Waals surface area contributed by atoms with Crippen molar-refractivity contribution in [2.75, 3.05) is 18.0 Å². The van der Waals surface area contributed by atoms with E-state index in [0.29, 0.717) is 18.8 Å². The molecule has 1 heterocycles. The van der Waals surface area contributed by atoms with Gasteiger partial charge >= 0.3 is 0 Å². The van der Waals surface area contributed by atoms with Crippen molar-refractivity contribution in [2.24, 2.45) is 10.9 Å². The third-order valence-corrected chi connectivity index (χ3v) is 3.57. The first-order chi connectivity index (χ1) is 7.30. The molecule has 4 N–H and O–H groups in total. The summed E-state index contributed by atoms with van der Waals surface area (Å²) in [5, 5.41) is 5.16. The van der Waals surface area contributed by atoms with Crippen LogP contribution in [0.25, 0.3) is 0 Å². The Morgan fingerprint density at radius 3 is 2.38 bits per heavy atom. The van der Waals surface area contributed by atoms with Gasteiger partial charge in [-0.3, -0.25) is 0 Å². The second kappa shape index (κ2) is 3.44. The van der Waals surface area contributed by atoms with Crippen LogP contribution in [0.5, 0.6) is 0 Å². The van der Waals surface area contributed by atoms with Gasteiger partial charge in [0.05, 0.1) is 5.69 Å². The van der Waals surface area contributed by atoms with Crippen LogP contribution in [0.3, 0.4) is 0 Å². The van der Waals surface area contributed by atoms with Gasteiger partial charge in [0.1, 0.15) is 4.90 Å². The highest BCUT2D eigenvalue weighted by Crippen LogP contribution is 2.30. The van der Waals surface area contributed by atoms with Gasteiger partial charge < -0.3 is 10.6 Å². The number of nitrogens with zero attached hydrogens (tertiary/aromatic N) is 1. The van der Waals surface area contributed by atoms with Crippen LogP contribution in [0.2, 0.25) is 0 Å². The number of hydrogen-bond donors (Lipinski definition) is 2. The molecule has 0 spiro atoms. The molecule has 16 heavy (non-hydrogen) atoms. The highest BCUT2D eigenvalue weighted by Gasteiger charge is 2.36. The summed E-state index contributed by atoms with van der Waals surface area (Å²) >= 11 is 0. The van der Waals surface area contributed by atoms with Crippen molar-refractivity contribution in [1.29, 1.82) is 0 Å². The topological polar surface area (TPSA) is 89.4 Å². The summed E-state index contributed by atoms with van der Waals surface area (Å²) in [6.07, 6.45) is 0. The van der Waals surface area contributed by atoms with E-state index >= 15 is 0 Å². The van der Waals surface area contributed by atoms with Crippen molar-refractivity contribution >= 4 is 15.7 Å². The molecule has 5 nitrogen and oxygen atoms in total.